The predicted octanol–water partition coefficient (Wildman–Crippen LogP) is 2.69. The Hall–Kier alpha value is -3.55. The zero-order valence-corrected chi connectivity index (χ0v) is 15.3. The number of barbiturate groups is 1. The van der Waals surface area contributed by atoms with Crippen LogP contribution >= 0.6 is 0 Å². The molecule has 0 saturated carbocycles. The zero-order valence-electron chi connectivity index (χ0n) is 15.3. The van der Waals surface area contributed by atoms with Crippen molar-refractivity contribution in [2.75, 3.05) is 12.0 Å². The Morgan fingerprint density at radius 3 is 2.54 bits per heavy atom. The number of hydrogen-bond donors (Lipinski definition) is 1. The molecule has 0 aliphatic carbocycles. The van der Waals surface area contributed by atoms with Crippen molar-refractivity contribution >= 4 is 29.2 Å². The fraction of sp³-hybridized carbons (Fsp3) is 0.200. The number of methoxy groups -OCH3 is 1. The molecule has 1 aliphatic rings. The van der Waals surface area contributed by atoms with Gasteiger partial charge in [-0.05, 0) is 48.9 Å². The largest absolute Gasteiger partial charge is 0.497 e. The number of aliphatic imine (C=N–C) groups is 1. The first kappa shape index (κ1) is 19.2. The van der Waals surface area contributed by atoms with E-state index < -0.39 is 29.6 Å². The molecule has 1 heterocycles. The summed E-state index contributed by atoms with van der Waals surface area (Å²) < 4.78 is 18.4. The second-order valence-corrected chi connectivity index (χ2v) is 6.19. The van der Waals surface area contributed by atoms with Gasteiger partial charge in [0.25, 0.3) is 5.91 Å². The molecule has 1 N–H and O–H groups in total. The van der Waals surface area contributed by atoms with Crippen molar-refractivity contribution in [3.63, 3.8) is 0 Å². The Morgan fingerprint density at radius 1 is 1.18 bits per heavy atom. The average Bonchev–Trinajstić information content (AvgIpc) is 2.66. The summed E-state index contributed by atoms with van der Waals surface area (Å²) in [6.07, 6.45) is 0. The lowest BCUT2D eigenvalue weighted by atomic mass is 9.99. The molecule has 0 radical (unpaired) electrons. The highest BCUT2D eigenvalue weighted by Gasteiger charge is 2.42. The SMILES string of the molecule is COc1ccc(N2C(=O)NC(=O)C(C(C)=NCc3cccc(F)c3)C2=O)cc1. The van der Waals surface area contributed by atoms with E-state index in [1.807, 2.05) is 0 Å². The number of rotatable bonds is 5. The fourth-order valence-electron chi connectivity index (χ4n) is 2.86. The van der Waals surface area contributed by atoms with Crippen LogP contribution in [0, 0.1) is 11.7 Å². The van der Waals surface area contributed by atoms with Crippen LogP contribution in [0.4, 0.5) is 14.9 Å². The van der Waals surface area contributed by atoms with E-state index >= 15 is 0 Å². The molecule has 0 bridgehead atoms. The summed E-state index contributed by atoms with van der Waals surface area (Å²) in [6, 6.07) is 11.4. The maximum atomic E-state index is 13.3. The number of ether oxygens (including phenoxy) is 1. The van der Waals surface area contributed by atoms with E-state index in [9.17, 15) is 18.8 Å². The van der Waals surface area contributed by atoms with Crippen molar-refractivity contribution < 1.29 is 23.5 Å². The molecular formula is C20H18FN3O4. The first-order chi connectivity index (χ1) is 13.4. The number of hydrogen-bond acceptors (Lipinski definition) is 5. The van der Waals surface area contributed by atoms with Gasteiger partial charge < -0.3 is 4.74 Å². The van der Waals surface area contributed by atoms with Gasteiger partial charge in [-0.3, -0.25) is 19.9 Å². The average molecular weight is 383 g/mol. The molecule has 0 aromatic heterocycles. The lowest BCUT2D eigenvalue weighted by Gasteiger charge is -2.30. The van der Waals surface area contributed by atoms with Crippen molar-refractivity contribution in [1.29, 1.82) is 0 Å². The zero-order chi connectivity index (χ0) is 20.3. The number of halogens is 1. The topological polar surface area (TPSA) is 88.1 Å². The molecule has 3 rings (SSSR count). The van der Waals surface area contributed by atoms with Crippen LogP contribution in [0.3, 0.4) is 0 Å². The smallest absolute Gasteiger partial charge is 0.335 e. The van der Waals surface area contributed by atoms with Gasteiger partial charge in [0.1, 0.15) is 11.6 Å². The molecule has 2 aromatic carbocycles. The molecule has 4 amide bonds. The summed E-state index contributed by atoms with van der Waals surface area (Å²) in [7, 11) is 1.50. The highest BCUT2D eigenvalue weighted by atomic mass is 19.1. The second-order valence-electron chi connectivity index (χ2n) is 6.19. The first-order valence-electron chi connectivity index (χ1n) is 8.49. The van der Waals surface area contributed by atoms with E-state index in [1.165, 1.54) is 26.2 Å². The van der Waals surface area contributed by atoms with Crippen LogP contribution in [0.25, 0.3) is 0 Å². The van der Waals surface area contributed by atoms with Gasteiger partial charge in [0.15, 0.2) is 5.92 Å². The quantitative estimate of drug-likeness (QED) is 0.635. The number of benzene rings is 2. The number of carbonyl (C=O) groups excluding carboxylic acids is 3. The molecule has 1 atom stereocenters. The molecule has 1 fully saturated rings. The van der Waals surface area contributed by atoms with Crippen LogP contribution in [0.15, 0.2) is 53.5 Å². The monoisotopic (exact) mass is 383 g/mol. The van der Waals surface area contributed by atoms with Crippen molar-refractivity contribution in [1.82, 2.24) is 5.32 Å². The molecule has 1 aliphatic heterocycles. The van der Waals surface area contributed by atoms with Gasteiger partial charge >= 0.3 is 6.03 Å². The van der Waals surface area contributed by atoms with E-state index in [4.69, 9.17) is 4.74 Å². The Balaban J connectivity index is 1.85. The maximum absolute atomic E-state index is 13.3. The van der Waals surface area contributed by atoms with Gasteiger partial charge in [-0.15, -0.1) is 0 Å². The Bertz CT molecular complexity index is 956. The molecule has 144 valence electrons. The number of amides is 4. The first-order valence-corrected chi connectivity index (χ1v) is 8.49. The maximum Gasteiger partial charge on any atom is 0.335 e. The third kappa shape index (κ3) is 3.90. The van der Waals surface area contributed by atoms with Crippen molar-refractivity contribution in [3.8, 4) is 5.75 Å². The van der Waals surface area contributed by atoms with E-state index in [2.05, 4.69) is 10.3 Å². The highest BCUT2D eigenvalue weighted by Crippen LogP contribution is 2.24. The number of nitrogens with one attached hydrogen (secondary N) is 1. The third-order valence-electron chi connectivity index (χ3n) is 4.31. The van der Waals surface area contributed by atoms with E-state index in [1.54, 1.807) is 36.4 Å². The molecule has 0 spiro atoms. The number of carbonyl (C=O) groups is 3. The second kappa shape index (κ2) is 7.99. The number of nitrogens with zero attached hydrogens (tertiary/aromatic N) is 2. The molecule has 8 heteroatoms. The number of imide groups is 2. The van der Waals surface area contributed by atoms with Gasteiger partial charge in [-0.25, -0.2) is 14.1 Å². The summed E-state index contributed by atoms with van der Waals surface area (Å²) in [5, 5.41) is 2.18. The van der Waals surface area contributed by atoms with Crippen molar-refractivity contribution in [2.24, 2.45) is 10.9 Å². The Kier molecular flexibility index (Phi) is 5.49. The summed E-state index contributed by atoms with van der Waals surface area (Å²) >= 11 is 0. The number of anilines is 1. The predicted molar refractivity (Wildman–Crippen MR) is 101 cm³/mol. The number of urea groups is 1. The van der Waals surface area contributed by atoms with Gasteiger partial charge in [0.05, 0.1) is 19.3 Å². The molecule has 1 saturated heterocycles. The normalized spacial score (nSPS) is 17.5. The Labute approximate surface area is 160 Å². The lowest BCUT2D eigenvalue weighted by molar-refractivity contribution is -0.131. The molecule has 2 aromatic rings. The summed E-state index contributed by atoms with van der Waals surface area (Å²) in [6.45, 7) is 1.64. The van der Waals surface area contributed by atoms with Crippen LogP contribution in [0.5, 0.6) is 5.75 Å². The van der Waals surface area contributed by atoms with Crippen molar-refractivity contribution in [2.45, 2.75) is 13.5 Å². The Morgan fingerprint density at radius 2 is 1.89 bits per heavy atom. The van der Waals surface area contributed by atoms with E-state index in [-0.39, 0.29) is 12.3 Å². The van der Waals surface area contributed by atoms with E-state index in [0.717, 1.165) is 4.90 Å². The van der Waals surface area contributed by atoms with Crippen LogP contribution in [-0.2, 0) is 16.1 Å². The lowest BCUT2D eigenvalue weighted by Crippen LogP contribution is -2.60. The third-order valence-corrected chi connectivity index (χ3v) is 4.31. The van der Waals surface area contributed by atoms with Crippen LogP contribution < -0.4 is 15.0 Å². The van der Waals surface area contributed by atoms with Gasteiger partial charge in [0.2, 0.25) is 5.91 Å². The van der Waals surface area contributed by atoms with Gasteiger partial charge in [0, 0.05) is 5.71 Å². The van der Waals surface area contributed by atoms with Gasteiger partial charge in [-0.1, -0.05) is 12.1 Å². The van der Waals surface area contributed by atoms with Gasteiger partial charge in [-0.2, -0.15) is 0 Å². The summed E-state index contributed by atoms with van der Waals surface area (Å²) in [5.74, 6) is -2.50. The minimum atomic E-state index is -1.24. The summed E-state index contributed by atoms with van der Waals surface area (Å²) in [5.41, 5.74) is 1.14. The standard InChI is InChI=1S/C20H18FN3O4/c1-12(22-11-13-4-3-5-14(21)10-13)17-18(25)23-20(27)24(19(17)26)15-6-8-16(28-2)9-7-15/h3-10,17H,11H2,1-2H3,(H,23,25,27). The minimum absolute atomic E-state index is 0.108. The van der Waals surface area contributed by atoms with Crippen LogP contribution in [0.1, 0.15) is 12.5 Å². The molecule has 28 heavy (non-hydrogen) atoms. The fourth-order valence-corrected chi connectivity index (χ4v) is 2.86. The van der Waals surface area contributed by atoms with Crippen LogP contribution in [0.2, 0.25) is 0 Å². The van der Waals surface area contributed by atoms with E-state index in [0.29, 0.717) is 17.0 Å². The van der Waals surface area contributed by atoms with Crippen LogP contribution in [-0.4, -0.2) is 30.7 Å². The minimum Gasteiger partial charge on any atom is -0.497 e. The highest BCUT2D eigenvalue weighted by molar-refractivity contribution is 6.35. The molecule has 7 nitrogen and oxygen atoms in total. The molecular weight excluding hydrogens is 365 g/mol. The summed E-state index contributed by atoms with van der Waals surface area (Å²) in [4.78, 5) is 42.5. The van der Waals surface area contributed by atoms with Crippen molar-refractivity contribution in [3.05, 3.63) is 59.9 Å². The molecule has 1 unspecified atom stereocenters.